The number of carbonyl (C=O) groups is 1. The number of amides is 1. The Morgan fingerprint density at radius 3 is 2.94 bits per heavy atom. The van der Waals surface area contributed by atoms with Crippen LogP contribution in [0, 0.1) is 5.92 Å². The number of β-lactam (4-membered cyclic amide) rings is 1. The van der Waals surface area contributed by atoms with Crippen LogP contribution in [-0.4, -0.2) is 27.8 Å². The third-order valence-corrected chi connectivity index (χ3v) is 3.49. The van der Waals surface area contributed by atoms with Crippen LogP contribution < -0.4 is 10.6 Å². The van der Waals surface area contributed by atoms with Crippen molar-refractivity contribution in [2.45, 2.75) is 38.4 Å². The van der Waals surface area contributed by atoms with Crippen molar-refractivity contribution in [1.29, 1.82) is 0 Å². The van der Waals surface area contributed by atoms with E-state index in [0.29, 0.717) is 0 Å². The first-order chi connectivity index (χ1) is 7.66. The lowest BCUT2D eigenvalue weighted by atomic mass is 9.97. The van der Waals surface area contributed by atoms with Crippen LogP contribution in [0.25, 0.3) is 0 Å². The molecule has 0 radical (unpaired) electrons. The van der Waals surface area contributed by atoms with E-state index in [1.54, 1.807) is 11.1 Å². The van der Waals surface area contributed by atoms with Crippen LogP contribution in [0.2, 0.25) is 0 Å². The molecule has 2 atom stereocenters. The molecule has 0 aromatic carbocycles. The summed E-state index contributed by atoms with van der Waals surface area (Å²) >= 11 is 0. The van der Waals surface area contributed by atoms with Crippen molar-refractivity contribution in [3.05, 3.63) is 12.4 Å². The minimum Gasteiger partial charge on any atom is -0.318 e. The van der Waals surface area contributed by atoms with Crippen LogP contribution in [0.1, 0.15) is 19.8 Å². The summed E-state index contributed by atoms with van der Waals surface area (Å²) in [5, 5.41) is 4.28. The standard InChI is InChI=1S/C11H16N4O/c1-7-10(12)11(16)15(7)9-4-13-14(6-9)5-8-2-3-8/h4,6-8,10H,2-3,5,12H2,1H3/t7-,10-/m0/s1. The van der Waals surface area contributed by atoms with Gasteiger partial charge in [0.15, 0.2) is 0 Å². The zero-order valence-electron chi connectivity index (χ0n) is 9.34. The Morgan fingerprint density at radius 2 is 2.31 bits per heavy atom. The Balaban J connectivity index is 1.74. The molecule has 2 heterocycles. The van der Waals surface area contributed by atoms with Gasteiger partial charge in [0.2, 0.25) is 5.91 Å². The molecule has 16 heavy (non-hydrogen) atoms. The van der Waals surface area contributed by atoms with E-state index in [9.17, 15) is 4.79 Å². The Bertz CT molecular complexity index is 423. The number of hydrogen-bond donors (Lipinski definition) is 1. The van der Waals surface area contributed by atoms with Crippen molar-refractivity contribution in [3.8, 4) is 0 Å². The van der Waals surface area contributed by atoms with E-state index in [1.165, 1.54) is 12.8 Å². The normalized spacial score (nSPS) is 29.4. The predicted octanol–water partition coefficient (Wildman–Crippen LogP) is 0.355. The van der Waals surface area contributed by atoms with Crippen molar-refractivity contribution < 1.29 is 4.79 Å². The molecule has 1 aliphatic heterocycles. The van der Waals surface area contributed by atoms with E-state index >= 15 is 0 Å². The van der Waals surface area contributed by atoms with Gasteiger partial charge in [-0.25, -0.2) is 0 Å². The molecule has 1 saturated heterocycles. The lowest BCUT2D eigenvalue weighted by Crippen LogP contribution is -2.67. The summed E-state index contributed by atoms with van der Waals surface area (Å²) in [6, 6.07) is -0.252. The number of nitrogens with two attached hydrogens (primary N) is 1. The van der Waals surface area contributed by atoms with Gasteiger partial charge in [0, 0.05) is 12.7 Å². The molecule has 1 amide bonds. The van der Waals surface area contributed by atoms with E-state index in [4.69, 9.17) is 5.73 Å². The monoisotopic (exact) mass is 220 g/mol. The largest absolute Gasteiger partial charge is 0.318 e. The Kier molecular flexibility index (Phi) is 2.04. The van der Waals surface area contributed by atoms with Gasteiger partial charge in [0.25, 0.3) is 0 Å². The van der Waals surface area contributed by atoms with Crippen LogP contribution in [0.3, 0.4) is 0 Å². The Hall–Kier alpha value is -1.36. The molecule has 1 aliphatic carbocycles. The molecule has 1 aromatic heterocycles. The number of aromatic nitrogens is 2. The van der Waals surface area contributed by atoms with Crippen molar-refractivity contribution in [2.24, 2.45) is 11.7 Å². The van der Waals surface area contributed by atoms with Crippen molar-refractivity contribution in [1.82, 2.24) is 9.78 Å². The number of anilines is 1. The Labute approximate surface area is 94.2 Å². The van der Waals surface area contributed by atoms with E-state index in [2.05, 4.69) is 5.10 Å². The van der Waals surface area contributed by atoms with Gasteiger partial charge in [-0.1, -0.05) is 0 Å². The molecule has 2 aliphatic rings. The average molecular weight is 220 g/mol. The lowest BCUT2D eigenvalue weighted by molar-refractivity contribution is -0.125. The van der Waals surface area contributed by atoms with E-state index in [1.807, 2.05) is 17.8 Å². The highest BCUT2D eigenvalue weighted by atomic mass is 16.2. The summed E-state index contributed by atoms with van der Waals surface area (Å²) < 4.78 is 1.93. The zero-order valence-corrected chi connectivity index (χ0v) is 9.34. The second-order valence-corrected chi connectivity index (χ2v) is 4.84. The maximum atomic E-state index is 11.6. The molecule has 5 nitrogen and oxygen atoms in total. The van der Waals surface area contributed by atoms with Gasteiger partial charge in [-0.15, -0.1) is 0 Å². The summed E-state index contributed by atoms with van der Waals surface area (Å²) in [6.45, 7) is 2.94. The first-order valence-electron chi connectivity index (χ1n) is 5.78. The average Bonchev–Trinajstić information content (AvgIpc) is 2.98. The summed E-state index contributed by atoms with van der Waals surface area (Å²) in [5.41, 5.74) is 6.55. The second-order valence-electron chi connectivity index (χ2n) is 4.84. The number of rotatable bonds is 3. The third-order valence-electron chi connectivity index (χ3n) is 3.49. The van der Waals surface area contributed by atoms with Crippen LogP contribution in [0.4, 0.5) is 5.69 Å². The SMILES string of the molecule is C[C@H]1[C@H](N)C(=O)N1c1cnn(CC2CC2)c1. The summed E-state index contributed by atoms with van der Waals surface area (Å²) in [7, 11) is 0. The number of nitrogens with zero attached hydrogens (tertiary/aromatic N) is 3. The van der Waals surface area contributed by atoms with Gasteiger partial charge in [-0.05, 0) is 25.7 Å². The van der Waals surface area contributed by atoms with Crippen LogP contribution in [-0.2, 0) is 11.3 Å². The molecule has 0 unspecified atom stereocenters. The fraction of sp³-hybridized carbons (Fsp3) is 0.636. The van der Waals surface area contributed by atoms with Gasteiger partial charge in [0.1, 0.15) is 6.04 Å². The molecule has 0 spiro atoms. The maximum Gasteiger partial charge on any atom is 0.246 e. The minimum atomic E-state index is -0.341. The molecular weight excluding hydrogens is 204 g/mol. The fourth-order valence-corrected chi connectivity index (χ4v) is 2.15. The molecular formula is C11H16N4O. The smallest absolute Gasteiger partial charge is 0.246 e. The molecule has 2 N–H and O–H groups in total. The predicted molar refractivity (Wildman–Crippen MR) is 59.9 cm³/mol. The van der Waals surface area contributed by atoms with Crippen LogP contribution in [0.5, 0.6) is 0 Å². The molecule has 0 bridgehead atoms. The highest BCUT2D eigenvalue weighted by Crippen LogP contribution is 2.31. The molecule has 1 aromatic rings. The van der Waals surface area contributed by atoms with Gasteiger partial charge in [-0.2, -0.15) is 5.10 Å². The molecule has 2 fully saturated rings. The van der Waals surface area contributed by atoms with Gasteiger partial charge >= 0.3 is 0 Å². The number of hydrogen-bond acceptors (Lipinski definition) is 3. The van der Waals surface area contributed by atoms with Crippen molar-refractivity contribution in [3.63, 3.8) is 0 Å². The van der Waals surface area contributed by atoms with Gasteiger partial charge in [-0.3, -0.25) is 9.48 Å². The van der Waals surface area contributed by atoms with Crippen molar-refractivity contribution in [2.75, 3.05) is 4.90 Å². The molecule has 1 saturated carbocycles. The third kappa shape index (κ3) is 1.43. The maximum absolute atomic E-state index is 11.6. The quantitative estimate of drug-likeness (QED) is 0.748. The zero-order chi connectivity index (χ0) is 11.3. The van der Waals surface area contributed by atoms with Gasteiger partial charge in [0.05, 0.1) is 17.9 Å². The minimum absolute atomic E-state index is 0.00141. The highest BCUT2D eigenvalue weighted by Gasteiger charge is 2.43. The van der Waals surface area contributed by atoms with Crippen LogP contribution in [0.15, 0.2) is 12.4 Å². The van der Waals surface area contributed by atoms with Crippen LogP contribution >= 0.6 is 0 Å². The summed E-state index contributed by atoms with van der Waals surface area (Å²) in [5.74, 6) is 0.790. The van der Waals surface area contributed by atoms with E-state index in [-0.39, 0.29) is 18.0 Å². The second kappa shape index (κ2) is 3.31. The lowest BCUT2D eigenvalue weighted by Gasteiger charge is -2.42. The fourth-order valence-electron chi connectivity index (χ4n) is 2.15. The Morgan fingerprint density at radius 1 is 1.56 bits per heavy atom. The summed E-state index contributed by atoms with van der Waals surface area (Å²) in [6.07, 6.45) is 6.31. The summed E-state index contributed by atoms with van der Waals surface area (Å²) in [4.78, 5) is 13.3. The molecule has 3 rings (SSSR count). The van der Waals surface area contributed by atoms with Gasteiger partial charge < -0.3 is 10.6 Å². The topological polar surface area (TPSA) is 64.2 Å². The van der Waals surface area contributed by atoms with E-state index in [0.717, 1.165) is 18.2 Å². The number of carbonyl (C=O) groups excluding carboxylic acids is 1. The highest BCUT2D eigenvalue weighted by molar-refractivity contribution is 6.05. The van der Waals surface area contributed by atoms with E-state index < -0.39 is 0 Å². The van der Waals surface area contributed by atoms with Crippen molar-refractivity contribution >= 4 is 11.6 Å². The molecule has 5 heteroatoms. The first kappa shape index (κ1) is 9.84. The first-order valence-corrected chi connectivity index (χ1v) is 5.78. The molecule has 86 valence electrons.